The molecule has 1 saturated carbocycles. The first-order chi connectivity index (χ1) is 8.74. The van der Waals surface area contributed by atoms with Crippen LogP contribution in [0.2, 0.25) is 0 Å². The van der Waals surface area contributed by atoms with E-state index >= 15 is 0 Å². The van der Waals surface area contributed by atoms with Gasteiger partial charge in [-0.2, -0.15) is 5.10 Å². The van der Waals surface area contributed by atoms with Gasteiger partial charge >= 0.3 is 0 Å². The molecule has 94 valence electrons. The Labute approximate surface area is 117 Å². The topological polar surface area (TPSA) is 49.0 Å². The minimum atomic E-state index is 0.0392. The summed E-state index contributed by atoms with van der Waals surface area (Å²) in [7, 11) is 0. The van der Waals surface area contributed by atoms with E-state index in [-0.39, 0.29) is 5.91 Å². The van der Waals surface area contributed by atoms with Crippen molar-refractivity contribution in [3.63, 3.8) is 0 Å². The van der Waals surface area contributed by atoms with E-state index in [1.54, 1.807) is 23.6 Å². The Morgan fingerprint density at radius 3 is 3.00 bits per heavy atom. The summed E-state index contributed by atoms with van der Waals surface area (Å²) in [5.74, 6) is 0.0392. The SMILES string of the molecule is O=C(c1ccn[nH]1)N(Cc1csc(Br)c1)C1CC1. The number of carbonyl (C=O) groups is 1. The van der Waals surface area contributed by atoms with E-state index in [1.165, 1.54) is 5.56 Å². The number of rotatable bonds is 4. The van der Waals surface area contributed by atoms with Gasteiger partial charge in [-0.05, 0) is 51.8 Å². The molecule has 0 atom stereocenters. The van der Waals surface area contributed by atoms with E-state index in [0.29, 0.717) is 18.3 Å². The molecule has 0 aromatic carbocycles. The van der Waals surface area contributed by atoms with Crippen LogP contribution in [0.15, 0.2) is 27.5 Å². The fourth-order valence-electron chi connectivity index (χ4n) is 1.91. The molecule has 1 aliphatic carbocycles. The Kier molecular flexibility index (Phi) is 3.22. The molecule has 1 aliphatic rings. The number of nitrogens with zero attached hydrogens (tertiary/aromatic N) is 2. The zero-order chi connectivity index (χ0) is 12.5. The third-order valence-electron chi connectivity index (χ3n) is 2.95. The Morgan fingerprint density at radius 1 is 1.61 bits per heavy atom. The number of amides is 1. The molecular formula is C12H12BrN3OS. The summed E-state index contributed by atoms with van der Waals surface area (Å²) in [6, 6.07) is 4.18. The molecule has 18 heavy (non-hydrogen) atoms. The molecule has 6 heteroatoms. The lowest BCUT2D eigenvalue weighted by atomic mass is 10.2. The van der Waals surface area contributed by atoms with Crippen molar-refractivity contribution in [2.75, 3.05) is 0 Å². The molecule has 0 aliphatic heterocycles. The third kappa shape index (κ3) is 2.49. The van der Waals surface area contributed by atoms with Crippen LogP contribution in [-0.2, 0) is 6.54 Å². The van der Waals surface area contributed by atoms with E-state index in [1.807, 2.05) is 4.90 Å². The summed E-state index contributed by atoms with van der Waals surface area (Å²) in [5.41, 5.74) is 1.74. The lowest BCUT2D eigenvalue weighted by molar-refractivity contribution is 0.0724. The molecule has 0 spiro atoms. The van der Waals surface area contributed by atoms with Crippen molar-refractivity contribution in [1.29, 1.82) is 0 Å². The van der Waals surface area contributed by atoms with Crippen LogP contribution in [0.1, 0.15) is 28.9 Å². The minimum Gasteiger partial charge on any atom is -0.330 e. The van der Waals surface area contributed by atoms with E-state index in [0.717, 1.165) is 16.6 Å². The first-order valence-electron chi connectivity index (χ1n) is 5.77. The maximum atomic E-state index is 12.3. The van der Waals surface area contributed by atoms with Crippen LogP contribution >= 0.6 is 27.3 Å². The summed E-state index contributed by atoms with van der Waals surface area (Å²) < 4.78 is 1.10. The largest absolute Gasteiger partial charge is 0.330 e. The number of aromatic nitrogens is 2. The second-order valence-corrected chi connectivity index (χ2v) is 6.68. The molecule has 1 N–H and O–H groups in total. The molecule has 1 fully saturated rings. The standard InChI is InChI=1S/C12H12BrN3OS/c13-11-5-8(7-18-11)6-16(9-1-2-9)12(17)10-3-4-14-15-10/h3-5,7,9H,1-2,6H2,(H,14,15). The smallest absolute Gasteiger partial charge is 0.272 e. The van der Waals surface area contributed by atoms with Gasteiger partial charge in [0.15, 0.2) is 0 Å². The minimum absolute atomic E-state index is 0.0392. The van der Waals surface area contributed by atoms with Crippen molar-refractivity contribution in [3.8, 4) is 0 Å². The maximum Gasteiger partial charge on any atom is 0.272 e. The summed E-state index contributed by atoms with van der Waals surface area (Å²) in [4.78, 5) is 14.3. The van der Waals surface area contributed by atoms with E-state index in [9.17, 15) is 4.79 Å². The van der Waals surface area contributed by atoms with Crippen molar-refractivity contribution in [2.24, 2.45) is 0 Å². The zero-order valence-electron chi connectivity index (χ0n) is 9.60. The lowest BCUT2D eigenvalue weighted by Gasteiger charge is -2.21. The Morgan fingerprint density at radius 2 is 2.44 bits per heavy atom. The van der Waals surface area contributed by atoms with Crippen LogP contribution in [0.4, 0.5) is 0 Å². The van der Waals surface area contributed by atoms with Gasteiger partial charge in [0.05, 0.1) is 3.79 Å². The second-order valence-electron chi connectivity index (χ2n) is 4.39. The molecule has 0 unspecified atom stereocenters. The number of H-pyrrole nitrogens is 1. The van der Waals surface area contributed by atoms with Crippen molar-refractivity contribution in [3.05, 3.63) is 38.8 Å². The first-order valence-corrected chi connectivity index (χ1v) is 7.44. The highest BCUT2D eigenvalue weighted by atomic mass is 79.9. The first kappa shape index (κ1) is 11.9. The third-order valence-corrected chi connectivity index (χ3v) is 4.51. The highest BCUT2D eigenvalue weighted by Gasteiger charge is 2.33. The van der Waals surface area contributed by atoms with E-state index in [4.69, 9.17) is 0 Å². The van der Waals surface area contributed by atoms with Gasteiger partial charge < -0.3 is 4.90 Å². The molecular weight excluding hydrogens is 314 g/mol. The fraction of sp³-hybridized carbons (Fsp3) is 0.333. The summed E-state index contributed by atoms with van der Waals surface area (Å²) in [6.45, 7) is 0.671. The number of carbonyl (C=O) groups excluding carboxylic acids is 1. The summed E-state index contributed by atoms with van der Waals surface area (Å²) >= 11 is 5.10. The summed E-state index contributed by atoms with van der Waals surface area (Å²) in [6.07, 6.45) is 3.82. The van der Waals surface area contributed by atoms with Crippen LogP contribution in [-0.4, -0.2) is 27.0 Å². The van der Waals surface area contributed by atoms with Gasteiger partial charge in [0, 0.05) is 18.8 Å². The van der Waals surface area contributed by atoms with Crippen molar-refractivity contribution < 1.29 is 4.79 Å². The molecule has 2 aromatic heterocycles. The average Bonchev–Trinajstić information content (AvgIpc) is 2.89. The predicted molar refractivity (Wildman–Crippen MR) is 73.5 cm³/mol. The summed E-state index contributed by atoms with van der Waals surface area (Å²) in [5, 5.41) is 8.66. The Balaban J connectivity index is 1.78. The average molecular weight is 326 g/mol. The van der Waals surface area contributed by atoms with Crippen LogP contribution in [0.3, 0.4) is 0 Å². The zero-order valence-corrected chi connectivity index (χ0v) is 12.0. The fourth-order valence-corrected chi connectivity index (χ4v) is 3.11. The number of hydrogen-bond acceptors (Lipinski definition) is 3. The van der Waals surface area contributed by atoms with Gasteiger partial charge in [-0.15, -0.1) is 11.3 Å². The van der Waals surface area contributed by atoms with E-state index < -0.39 is 0 Å². The molecule has 4 nitrogen and oxygen atoms in total. The molecule has 0 radical (unpaired) electrons. The van der Waals surface area contributed by atoms with Gasteiger partial charge in [0.25, 0.3) is 5.91 Å². The maximum absolute atomic E-state index is 12.3. The quantitative estimate of drug-likeness (QED) is 0.939. The van der Waals surface area contributed by atoms with Gasteiger partial charge in [-0.25, -0.2) is 0 Å². The molecule has 2 aromatic rings. The highest BCUT2D eigenvalue weighted by molar-refractivity contribution is 9.11. The predicted octanol–water partition coefficient (Wildman–Crippen LogP) is 3.04. The van der Waals surface area contributed by atoms with Crippen molar-refractivity contribution in [1.82, 2.24) is 15.1 Å². The molecule has 3 rings (SSSR count). The van der Waals surface area contributed by atoms with Gasteiger partial charge in [0.1, 0.15) is 5.69 Å². The number of thiophene rings is 1. The van der Waals surface area contributed by atoms with Gasteiger partial charge in [-0.1, -0.05) is 0 Å². The van der Waals surface area contributed by atoms with Gasteiger partial charge in [-0.3, -0.25) is 9.89 Å². The Hall–Kier alpha value is -1.14. The van der Waals surface area contributed by atoms with E-state index in [2.05, 4.69) is 37.6 Å². The highest BCUT2D eigenvalue weighted by Crippen LogP contribution is 2.31. The monoisotopic (exact) mass is 325 g/mol. The molecule has 0 bridgehead atoms. The van der Waals surface area contributed by atoms with Crippen LogP contribution in [0, 0.1) is 0 Å². The number of nitrogens with one attached hydrogen (secondary N) is 1. The lowest BCUT2D eigenvalue weighted by Crippen LogP contribution is -2.32. The van der Waals surface area contributed by atoms with Crippen molar-refractivity contribution in [2.45, 2.75) is 25.4 Å². The molecule has 1 amide bonds. The normalized spacial score (nSPS) is 14.7. The number of halogens is 1. The van der Waals surface area contributed by atoms with Gasteiger partial charge in [0.2, 0.25) is 0 Å². The second kappa shape index (κ2) is 4.85. The molecule has 0 saturated heterocycles. The Bertz CT molecular complexity index is 547. The van der Waals surface area contributed by atoms with Crippen LogP contribution in [0.25, 0.3) is 0 Å². The van der Waals surface area contributed by atoms with Crippen molar-refractivity contribution >= 4 is 33.2 Å². The van der Waals surface area contributed by atoms with Crippen LogP contribution < -0.4 is 0 Å². The number of aromatic amines is 1. The van der Waals surface area contributed by atoms with Crippen LogP contribution in [0.5, 0.6) is 0 Å². The number of hydrogen-bond donors (Lipinski definition) is 1. The molecule has 2 heterocycles.